The summed E-state index contributed by atoms with van der Waals surface area (Å²) in [6.07, 6.45) is 5.50. The first kappa shape index (κ1) is 15.5. The number of nitrogens with zero attached hydrogens (tertiary/aromatic N) is 1. The van der Waals surface area contributed by atoms with E-state index in [9.17, 15) is 9.59 Å². The minimum absolute atomic E-state index is 0.0490. The predicted octanol–water partition coefficient (Wildman–Crippen LogP) is 2.07. The molecule has 1 saturated heterocycles. The van der Waals surface area contributed by atoms with E-state index in [1.54, 1.807) is 42.7 Å². The second-order valence-electron chi connectivity index (χ2n) is 6.08. The van der Waals surface area contributed by atoms with E-state index < -0.39 is 0 Å². The quantitative estimate of drug-likeness (QED) is 0.850. The molecule has 3 rings (SSSR count). The van der Waals surface area contributed by atoms with E-state index in [0.717, 1.165) is 25.9 Å². The average Bonchev–Trinajstić information content (AvgIpc) is 3.09. The van der Waals surface area contributed by atoms with Crippen LogP contribution in [-0.4, -0.2) is 47.8 Å². The lowest BCUT2D eigenvalue weighted by atomic mass is 10.0. The third-order valence-electron chi connectivity index (χ3n) is 4.23. The highest BCUT2D eigenvalue weighted by molar-refractivity contribution is 6.09. The van der Waals surface area contributed by atoms with E-state index in [1.807, 2.05) is 0 Å². The fourth-order valence-corrected chi connectivity index (χ4v) is 2.96. The van der Waals surface area contributed by atoms with Gasteiger partial charge in [0.2, 0.25) is 0 Å². The van der Waals surface area contributed by atoms with E-state index >= 15 is 0 Å². The Kier molecular flexibility index (Phi) is 4.57. The zero-order valence-electron chi connectivity index (χ0n) is 13.2. The Morgan fingerprint density at radius 2 is 1.87 bits per heavy atom. The van der Waals surface area contributed by atoms with Crippen molar-refractivity contribution < 1.29 is 9.59 Å². The number of amides is 1. The number of ketones is 1. The number of piperidine rings is 1. The number of carbonyl (C=O) groups excluding carboxylic acids is 2. The predicted molar refractivity (Wildman–Crippen MR) is 88.7 cm³/mol. The Bertz CT molecular complexity index is 677. The molecule has 2 N–H and O–H groups in total. The smallest absolute Gasteiger partial charge is 0.251 e. The molecule has 0 bridgehead atoms. The van der Waals surface area contributed by atoms with E-state index in [-0.39, 0.29) is 17.7 Å². The molecule has 2 heterocycles. The summed E-state index contributed by atoms with van der Waals surface area (Å²) in [6.45, 7) is 1.97. The zero-order chi connectivity index (χ0) is 16.2. The molecular formula is C18H21N3O2. The third-order valence-corrected chi connectivity index (χ3v) is 4.23. The second-order valence-corrected chi connectivity index (χ2v) is 6.08. The molecule has 0 saturated carbocycles. The van der Waals surface area contributed by atoms with E-state index in [0.29, 0.717) is 16.7 Å². The summed E-state index contributed by atoms with van der Waals surface area (Å²) in [7, 11) is 2.07. The van der Waals surface area contributed by atoms with Crippen LogP contribution in [0.5, 0.6) is 0 Å². The number of carbonyl (C=O) groups is 2. The number of benzene rings is 1. The molecule has 120 valence electrons. The number of H-pyrrole nitrogens is 1. The van der Waals surface area contributed by atoms with Crippen LogP contribution >= 0.6 is 0 Å². The Labute approximate surface area is 135 Å². The first-order valence-electron chi connectivity index (χ1n) is 7.90. The lowest BCUT2D eigenvalue weighted by molar-refractivity contribution is 0.0911. The first-order valence-corrected chi connectivity index (χ1v) is 7.90. The van der Waals surface area contributed by atoms with Crippen LogP contribution in [0.3, 0.4) is 0 Å². The summed E-state index contributed by atoms with van der Waals surface area (Å²) < 4.78 is 0. The van der Waals surface area contributed by atoms with Crippen molar-refractivity contribution in [1.29, 1.82) is 0 Å². The molecule has 1 aromatic heterocycles. The molecule has 0 aliphatic carbocycles. The molecule has 23 heavy (non-hydrogen) atoms. The fraction of sp³-hybridized carbons (Fsp3) is 0.333. The SMILES string of the molecule is CN1CCCC(NC(=O)c2ccc(C(=O)c3cc[nH]c3)cc2)C1. The topological polar surface area (TPSA) is 65.2 Å². The summed E-state index contributed by atoms with van der Waals surface area (Å²) >= 11 is 0. The molecule has 1 aromatic carbocycles. The maximum absolute atomic E-state index is 12.3. The van der Waals surface area contributed by atoms with Gasteiger partial charge in [-0.25, -0.2) is 0 Å². The van der Waals surface area contributed by atoms with Gasteiger partial charge in [-0.2, -0.15) is 0 Å². The summed E-state index contributed by atoms with van der Waals surface area (Å²) in [5, 5.41) is 3.07. The molecule has 5 nitrogen and oxygen atoms in total. The largest absolute Gasteiger partial charge is 0.367 e. The summed E-state index contributed by atoms with van der Waals surface area (Å²) in [5.74, 6) is -0.127. The Hall–Kier alpha value is -2.40. The molecule has 1 unspecified atom stereocenters. The van der Waals surface area contributed by atoms with Gasteiger partial charge in [0.1, 0.15) is 0 Å². The lowest BCUT2D eigenvalue weighted by Crippen LogP contribution is -2.46. The van der Waals surface area contributed by atoms with Crippen LogP contribution in [0.2, 0.25) is 0 Å². The molecule has 1 amide bonds. The molecule has 1 aliphatic rings. The van der Waals surface area contributed by atoms with E-state index in [2.05, 4.69) is 22.2 Å². The Morgan fingerprint density at radius 3 is 2.52 bits per heavy atom. The van der Waals surface area contributed by atoms with Crippen molar-refractivity contribution in [1.82, 2.24) is 15.2 Å². The van der Waals surface area contributed by atoms with Gasteiger partial charge < -0.3 is 15.2 Å². The van der Waals surface area contributed by atoms with Gasteiger partial charge in [-0.1, -0.05) is 12.1 Å². The van der Waals surface area contributed by atoms with Gasteiger partial charge in [0, 0.05) is 41.7 Å². The van der Waals surface area contributed by atoms with Crippen molar-refractivity contribution in [2.45, 2.75) is 18.9 Å². The number of aromatic nitrogens is 1. The van der Waals surface area contributed by atoms with Gasteiger partial charge in [0.15, 0.2) is 5.78 Å². The van der Waals surface area contributed by atoms with E-state index in [1.165, 1.54) is 0 Å². The zero-order valence-corrected chi connectivity index (χ0v) is 13.2. The van der Waals surface area contributed by atoms with Gasteiger partial charge in [-0.3, -0.25) is 9.59 Å². The number of likely N-dealkylation sites (tertiary alicyclic amines) is 1. The molecule has 0 radical (unpaired) electrons. The van der Waals surface area contributed by atoms with Gasteiger partial charge in [0.25, 0.3) is 5.91 Å². The summed E-state index contributed by atoms with van der Waals surface area (Å²) in [4.78, 5) is 29.6. The molecule has 1 atom stereocenters. The molecular weight excluding hydrogens is 290 g/mol. The van der Waals surface area contributed by atoms with Crippen LogP contribution in [0.15, 0.2) is 42.7 Å². The third kappa shape index (κ3) is 3.68. The number of likely N-dealkylation sites (N-methyl/N-ethyl adjacent to an activating group) is 1. The number of rotatable bonds is 4. The molecule has 5 heteroatoms. The van der Waals surface area contributed by atoms with Crippen LogP contribution < -0.4 is 5.32 Å². The van der Waals surface area contributed by atoms with Gasteiger partial charge in [0.05, 0.1) is 0 Å². The maximum atomic E-state index is 12.3. The number of aromatic amines is 1. The molecule has 1 aliphatic heterocycles. The second kappa shape index (κ2) is 6.79. The van der Waals surface area contributed by atoms with Gasteiger partial charge >= 0.3 is 0 Å². The highest BCUT2D eigenvalue weighted by Crippen LogP contribution is 2.12. The van der Waals surface area contributed by atoms with Crippen LogP contribution in [0, 0.1) is 0 Å². The highest BCUT2D eigenvalue weighted by Gasteiger charge is 2.19. The van der Waals surface area contributed by atoms with Crippen molar-refractivity contribution in [3.8, 4) is 0 Å². The van der Waals surface area contributed by atoms with Gasteiger partial charge in [-0.05, 0) is 44.6 Å². The van der Waals surface area contributed by atoms with E-state index in [4.69, 9.17) is 0 Å². The number of nitrogens with one attached hydrogen (secondary N) is 2. The van der Waals surface area contributed by atoms with Gasteiger partial charge in [-0.15, -0.1) is 0 Å². The number of hydrogen-bond donors (Lipinski definition) is 2. The average molecular weight is 311 g/mol. The maximum Gasteiger partial charge on any atom is 0.251 e. The first-order chi connectivity index (χ1) is 11.1. The standard InChI is InChI=1S/C18H21N3O2/c1-21-10-2-3-16(12-21)20-18(23)14-6-4-13(5-7-14)17(22)15-8-9-19-11-15/h4-9,11,16,19H,2-3,10,12H2,1H3,(H,20,23). The minimum Gasteiger partial charge on any atom is -0.367 e. The monoisotopic (exact) mass is 311 g/mol. The van der Waals surface area contributed by atoms with Crippen LogP contribution in [-0.2, 0) is 0 Å². The highest BCUT2D eigenvalue weighted by atomic mass is 16.1. The molecule has 1 fully saturated rings. The van der Waals surface area contributed by atoms with Crippen molar-refractivity contribution >= 4 is 11.7 Å². The minimum atomic E-state index is -0.0778. The van der Waals surface area contributed by atoms with Crippen molar-refractivity contribution in [3.05, 3.63) is 59.4 Å². The Balaban J connectivity index is 1.64. The van der Waals surface area contributed by atoms with Crippen molar-refractivity contribution in [3.63, 3.8) is 0 Å². The van der Waals surface area contributed by atoms with Crippen LogP contribution in [0.25, 0.3) is 0 Å². The summed E-state index contributed by atoms with van der Waals surface area (Å²) in [5.41, 5.74) is 1.79. The Morgan fingerprint density at radius 1 is 1.13 bits per heavy atom. The molecule has 0 spiro atoms. The summed E-state index contributed by atoms with van der Waals surface area (Å²) in [6, 6.07) is 8.77. The van der Waals surface area contributed by atoms with Crippen molar-refractivity contribution in [2.75, 3.05) is 20.1 Å². The fourth-order valence-electron chi connectivity index (χ4n) is 2.96. The van der Waals surface area contributed by atoms with Crippen molar-refractivity contribution in [2.24, 2.45) is 0 Å². The normalized spacial score (nSPS) is 18.6. The van der Waals surface area contributed by atoms with Crippen LogP contribution in [0.4, 0.5) is 0 Å². The lowest BCUT2D eigenvalue weighted by Gasteiger charge is -2.30. The van der Waals surface area contributed by atoms with Crippen LogP contribution in [0.1, 0.15) is 39.1 Å². The molecule has 2 aromatic rings. The number of hydrogen-bond acceptors (Lipinski definition) is 3.